The van der Waals surface area contributed by atoms with Gasteiger partial charge in [0.25, 0.3) is 0 Å². The van der Waals surface area contributed by atoms with E-state index < -0.39 is 0 Å². The van der Waals surface area contributed by atoms with Gasteiger partial charge >= 0.3 is 0 Å². The predicted octanol–water partition coefficient (Wildman–Crippen LogP) is 3.05. The summed E-state index contributed by atoms with van der Waals surface area (Å²) in [5.74, 6) is -0.378. The smallest absolute Gasteiger partial charge is 0.249 e. The summed E-state index contributed by atoms with van der Waals surface area (Å²) in [5.41, 5.74) is 9.28. The third-order valence-corrected chi connectivity index (χ3v) is 3.83. The van der Waals surface area contributed by atoms with E-state index in [9.17, 15) is 4.79 Å². The molecule has 0 aliphatic carbocycles. The van der Waals surface area contributed by atoms with E-state index in [-0.39, 0.29) is 5.91 Å². The van der Waals surface area contributed by atoms with Crippen molar-refractivity contribution in [3.8, 4) is 11.1 Å². The Labute approximate surface area is 119 Å². The Balaban J connectivity index is 2.13. The zero-order chi connectivity index (χ0) is 13.9. The molecule has 1 saturated heterocycles. The van der Waals surface area contributed by atoms with Crippen molar-refractivity contribution in [1.82, 2.24) is 0 Å². The summed E-state index contributed by atoms with van der Waals surface area (Å²) in [6.07, 6.45) is 2.46. The number of benzene rings is 2. The van der Waals surface area contributed by atoms with Gasteiger partial charge < -0.3 is 10.6 Å². The van der Waals surface area contributed by atoms with Crippen LogP contribution in [-0.4, -0.2) is 19.0 Å². The summed E-state index contributed by atoms with van der Waals surface area (Å²) in [4.78, 5) is 14.0. The number of anilines is 1. The van der Waals surface area contributed by atoms with Crippen LogP contribution in [0.3, 0.4) is 0 Å². The lowest BCUT2D eigenvalue weighted by molar-refractivity contribution is 0.100. The van der Waals surface area contributed by atoms with Crippen LogP contribution in [0.5, 0.6) is 0 Å². The maximum absolute atomic E-state index is 11.6. The molecule has 2 aromatic rings. The van der Waals surface area contributed by atoms with Crippen molar-refractivity contribution in [1.29, 1.82) is 0 Å². The topological polar surface area (TPSA) is 46.3 Å². The Kier molecular flexibility index (Phi) is 3.42. The van der Waals surface area contributed by atoms with Crippen LogP contribution in [-0.2, 0) is 0 Å². The molecule has 3 rings (SSSR count). The number of nitrogens with zero attached hydrogens (tertiary/aromatic N) is 1. The number of para-hydroxylation sites is 1. The Morgan fingerprint density at radius 1 is 0.900 bits per heavy atom. The van der Waals surface area contributed by atoms with Gasteiger partial charge in [0.2, 0.25) is 5.91 Å². The number of primary amides is 1. The fourth-order valence-corrected chi connectivity index (χ4v) is 2.87. The number of amides is 1. The van der Waals surface area contributed by atoms with Gasteiger partial charge in [-0.2, -0.15) is 0 Å². The van der Waals surface area contributed by atoms with Crippen molar-refractivity contribution < 1.29 is 4.79 Å². The Morgan fingerprint density at radius 3 is 2.20 bits per heavy atom. The van der Waals surface area contributed by atoms with Gasteiger partial charge in [0.05, 0.1) is 0 Å². The predicted molar refractivity (Wildman–Crippen MR) is 81.8 cm³/mol. The van der Waals surface area contributed by atoms with E-state index >= 15 is 0 Å². The van der Waals surface area contributed by atoms with E-state index in [0.717, 1.165) is 24.2 Å². The summed E-state index contributed by atoms with van der Waals surface area (Å²) in [5, 5.41) is 0. The number of hydrogen-bond donors (Lipinski definition) is 1. The van der Waals surface area contributed by atoms with Gasteiger partial charge in [0, 0.05) is 29.9 Å². The summed E-state index contributed by atoms with van der Waals surface area (Å²) in [7, 11) is 0. The first-order valence-electron chi connectivity index (χ1n) is 7.00. The first-order valence-corrected chi connectivity index (χ1v) is 7.00. The molecule has 0 unspecified atom stereocenters. The molecule has 1 aliphatic rings. The van der Waals surface area contributed by atoms with Gasteiger partial charge in [-0.25, -0.2) is 0 Å². The average molecular weight is 266 g/mol. The highest BCUT2D eigenvalue weighted by Gasteiger charge is 2.18. The van der Waals surface area contributed by atoms with E-state index in [1.807, 2.05) is 30.3 Å². The SMILES string of the molecule is NC(=O)c1ccccc1-c1ccccc1N1CCCC1. The minimum Gasteiger partial charge on any atom is -0.371 e. The van der Waals surface area contributed by atoms with Crippen molar-refractivity contribution in [3.05, 3.63) is 54.1 Å². The monoisotopic (exact) mass is 266 g/mol. The van der Waals surface area contributed by atoms with Crippen LogP contribution in [0.2, 0.25) is 0 Å². The first-order chi connectivity index (χ1) is 9.77. The fraction of sp³-hybridized carbons (Fsp3) is 0.235. The highest BCUT2D eigenvalue weighted by atomic mass is 16.1. The molecule has 3 nitrogen and oxygen atoms in total. The molecular formula is C17H18N2O. The molecule has 2 N–H and O–H groups in total. The maximum atomic E-state index is 11.6. The molecule has 1 heterocycles. The molecule has 0 bridgehead atoms. The van der Waals surface area contributed by atoms with Crippen LogP contribution in [0.4, 0.5) is 5.69 Å². The number of carbonyl (C=O) groups excluding carboxylic acids is 1. The summed E-state index contributed by atoms with van der Waals surface area (Å²) >= 11 is 0. The quantitative estimate of drug-likeness (QED) is 0.928. The number of carbonyl (C=O) groups is 1. The number of rotatable bonds is 3. The van der Waals surface area contributed by atoms with Gasteiger partial charge in [-0.15, -0.1) is 0 Å². The van der Waals surface area contributed by atoms with Crippen LogP contribution in [0.1, 0.15) is 23.2 Å². The average Bonchev–Trinajstić information content (AvgIpc) is 3.01. The van der Waals surface area contributed by atoms with Gasteiger partial charge in [0.15, 0.2) is 0 Å². The van der Waals surface area contributed by atoms with Crippen LogP contribution in [0.15, 0.2) is 48.5 Å². The van der Waals surface area contributed by atoms with Crippen LogP contribution >= 0.6 is 0 Å². The summed E-state index contributed by atoms with van der Waals surface area (Å²) in [6, 6.07) is 15.8. The lowest BCUT2D eigenvalue weighted by Crippen LogP contribution is -2.19. The molecule has 1 fully saturated rings. The lowest BCUT2D eigenvalue weighted by atomic mass is 9.97. The molecule has 1 aliphatic heterocycles. The molecule has 102 valence electrons. The minimum atomic E-state index is -0.378. The molecule has 20 heavy (non-hydrogen) atoms. The minimum absolute atomic E-state index is 0.378. The second kappa shape index (κ2) is 5.37. The van der Waals surface area contributed by atoms with Gasteiger partial charge in [-0.3, -0.25) is 4.79 Å². The van der Waals surface area contributed by atoms with Crippen molar-refractivity contribution in [2.75, 3.05) is 18.0 Å². The Morgan fingerprint density at radius 2 is 1.50 bits per heavy atom. The third kappa shape index (κ3) is 2.27. The second-order valence-corrected chi connectivity index (χ2v) is 5.12. The highest BCUT2D eigenvalue weighted by Crippen LogP contribution is 2.34. The summed E-state index contributed by atoms with van der Waals surface area (Å²) < 4.78 is 0. The van der Waals surface area contributed by atoms with Gasteiger partial charge in [-0.05, 0) is 30.5 Å². The zero-order valence-corrected chi connectivity index (χ0v) is 11.4. The van der Waals surface area contributed by atoms with Crippen molar-refractivity contribution in [3.63, 3.8) is 0 Å². The molecule has 0 atom stereocenters. The standard InChI is InChI=1S/C17H18N2O/c18-17(20)15-9-2-1-7-13(15)14-8-3-4-10-16(14)19-11-5-6-12-19/h1-4,7-10H,5-6,11-12H2,(H2,18,20). The molecule has 0 aromatic heterocycles. The Bertz CT molecular complexity index is 630. The van der Waals surface area contributed by atoms with Crippen molar-refractivity contribution in [2.24, 2.45) is 5.73 Å². The maximum Gasteiger partial charge on any atom is 0.249 e. The fourth-order valence-electron chi connectivity index (χ4n) is 2.87. The summed E-state index contributed by atoms with van der Waals surface area (Å²) in [6.45, 7) is 2.16. The molecular weight excluding hydrogens is 248 g/mol. The van der Waals surface area contributed by atoms with E-state index in [1.165, 1.54) is 18.5 Å². The zero-order valence-electron chi connectivity index (χ0n) is 11.4. The van der Waals surface area contributed by atoms with Crippen LogP contribution in [0.25, 0.3) is 11.1 Å². The second-order valence-electron chi connectivity index (χ2n) is 5.12. The highest BCUT2D eigenvalue weighted by molar-refractivity contribution is 6.01. The molecule has 3 heteroatoms. The lowest BCUT2D eigenvalue weighted by Gasteiger charge is -2.22. The molecule has 0 radical (unpaired) electrons. The first kappa shape index (κ1) is 12.7. The number of hydrogen-bond acceptors (Lipinski definition) is 2. The third-order valence-electron chi connectivity index (χ3n) is 3.83. The van der Waals surface area contributed by atoms with Crippen molar-refractivity contribution in [2.45, 2.75) is 12.8 Å². The molecule has 2 aromatic carbocycles. The van der Waals surface area contributed by atoms with Crippen molar-refractivity contribution >= 4 is 11.6 Å². The Hall–Kier alpha value is -2.29. The van der Waals surface area contributed by atoms with E-state index in [1.54, 1.807) is 6.07 Å². The van der Waals surface area contributed by atoms with Crippen LogP contribution in [0, 0.1) is 0 Å². The molecule has 0 spiro atoms. The molecule has 1 amide bonds. The van der Waals surface area contributed by atoms with Gasteiger partial charge in [0.1, 0.15) is 0 Å². The van der Waals surface area contributed by atoms with Gasteiger partial charge in [-0.1, -0.05) is 36.4 Å². The van der Waals surface area contributed by atoms with Crippen LogP contribution < -0.4 is 10.6 Å². The number of nitrogens with two attached hydrogens (primary N) is 1. The van der Waals surface area contributed by atoms with E-state index in [0.29, 0.717) is 5.56 Å². The van der Waals surface area contributed by atoms with E-state index in [2.05, 4.69) is 17.0 Å². The normalized spacial score (nSPS) is 14.5. The molecule has 0 saturated carbocycles. The largest absolute Gasteiger partial charge is 0.371 e. The van der Waals surface area contributed by atoms with E-state index in [4.69, 9.17) is 5.73 Å².